The van der Waals surface area contributed by atoms with Gasteiger partial charge in [-0.15, -0.1) is 0 Å². The van der Waals surface area contributed by atoms with Crippen LogP contribution in [0.25, 0.3) is 0 Å². The lowest BCUT2D eigenvalue weighted by molar-refractivity contribution is -0.136. The average molecular weight is 290 g/mol. The Bertz CT molecular complexity index is 602. The Morgan fingerprint density at radius 2 is 1.95 bits per heavy atom. The third-order valence-electron chi connectivity index (χ3n) is 2.12. The van der Waals surface area contributed by atoms with Gasteiger partial charge in [-0.1, -0.05) is 11.6 Å². The highest BCUT2D eigenvalue weighted by Crippen LogP contribution is 2.37. The molecule has 0 amide bonds. The summed E-state index contributed by atoms with van der Waals surface area (Å²) in [4.78, 5) is 10.9. The maximum Gasteiger partial charge on any atom is 0.418 e. The molecule has 5 nitrogen and oxygen atoms in total. The van der Waals surface area contributed by atoms with Crippen molar-refractivity contribution in [2.24, 2.45) is 0 Å². The van der Waals surface area contributed by atoms with Gasteiger partial charge in [-0.05, 0) is 18.2 Å². The molecule has 1 heterocycles. The second kappa shape index (κ2) is 4.88. The molecule has 19 heavy (non-hydrogen) atoms. The fraction of sp³-hybridized carbons (Fsp3) is 0.100. The Hall–Kier alpha value is -2.09. The van der Waals surface area contributed by atoms with Crippen molar-refractivity contribution >= 4 is 29.2 Å². The van der Waals surface area contributed by atoms with Crippen molar-refractivity contribution in [2.45, 2.75) is 6.18 Å². The summed E-state index contributed by atoms with van der Waals surface area (Å²) in [6.07, 6.45) is -3.46. The second-order valence-corrected chi connectivity index (χ2v) is 3.92. The number of anilines is 3. The Morgan fingerprint density at radius 1 is 1.21 bits per heavy atom. The van der Waals surface area contributed by atoms with Gasteiger partial charge in [-0.2, -0.15) is 18.2 Å². The molecule has 3 N–H and O–H groups in total. The molecule has 2 aromatic rings. The summed E-state index contributed by atoms with van der Waals surface area (Å²) in [5.74, 6) is -0.180. The van der Waals surface area contributed by atoms with E-state index >= 15 is 0 Å². The molecule has 0 saturated heterocycles. The van der Waals surface area contributed by atoms with Gasteiger partial charge in [0.05, 0.1) is 11.3 Å². The Morgan fingerprint density at radius 3 is 2.58 bits per heavy atom. The molecule has 0 aliphatic heterocycles. The number of hydrogen-bond donors (Lipinski definition) is 2. The van der Waals surface area contributed by atoms with Gasteiger partial charge < -0.3 is 11.1 Å². The summed E-state index contributed by atoms with van der Waals surface area (Å²) in [6.45, 7) is 0. The topological polar surface area (TPSA) is 76.7 Å². The molecule has 1 aromatic heterocycles. The second-order valence-electron chi connectivity index (χ2n) is 3.48. The molecular weight excluding hydrogens is 283 g/mol. The van der Waals surface area contributed by atoms with E-state index in [1.54, 1.807) is 0 Å². The number of benzene rings is 1. The number of nitrogens with two attached hydrogens (primary N) is 1. The number of halogens is 4. The molecule has 0 radical (unpaired) electrons. The van der Waals surface area contributed by atoms with E-state index in [4.69, 9.17) is 17.3 Å². The molecule has 0 unspecified atom stereocenters. The fourth-order valence-corrected chi connectivity index (χ4v) is 1.52. The van der Waals surface area contributed by atoms with Crippen LogP contribution in [0.1, 0.15) is 5.56 Å². The van der Waals surface area contributed by atoms with Gasteiger partial charge in [-0.3, -0.25) is 0 Å². The van der Waals surface area contributed by atoms with Crippen molar-refractivity contribution in [3.05, 3.63) is 35.1 Å². The van der Waals surface area contributed by atoms with E-state index in [0.29, 0.717) is 0 Å². The van der Waals surface area contributed by atoms with Crippen LogP contribution >= 0.6 is 11.6 Å². The molecule has 0 aliphatic carbocycles. The number of rotatable bonds is 2. The minimum atomic E-state index is -4.55. The molecule has 0 bridgehead atoms. The van der Waals surface area contributed by atoms with Gasteiger partial charge in [0.15, 0.2) is 0 Å². The molecule has 0 atom stereocenters. The van der Waals surface area contributed by atoms with E-state index in [9.17, 15) is 13.2 Å². The normalized spacial score (nSPS) is 11.4. The summed E-state index contributed by atoms with van der Waals surface area (Å²) >= 11 is 5.56. The maximum atomic E-state index is 12.8. The first-order valence-corrected chi connectivity index (χ1v) is 5.32. The highest BCUT2D eigenvalue weighted by molar-refractivity contribution is 6.30. The standard InChI is InChI=1S/C10H7ClF3N5/c11-5-1-2-7(6(3-5)10(12,13)14)18-9-17-4-16-8(15)19-9/h1-4H,(H3,15,16,17,18,19). The Labute approximate surface area is 110 Å². The number of nitrogens with one attached hydrogen (secondary N) is 1. The molecule has 100 valence electrons. The first-order valence-electron chi connectivity index (χ1n) is 4.94. The van der Waals surface area contributed by atoms with E-state index < -0.39 is 11.7 Å². The lowest BCUT2D eigenvalue weighted by Crippen LogP contribution is -2.10. The number of aromatic nitrogens is 3. The summed E-state index contributed by atoms with van der Waals surface area (Å²) in [5, 5.41) is 2.41. The van der Waals surface area contributed by atoms with Gasteiger partial charge in [0, 0.05) is 5.02 Å². The SMILES string of the molecule is Nc1ncnc(Nc2ccc(Cl)cc2C(F)(F)F)n1. The van der Waals surface area contributed by atoms with Crippen LogP contribution < -0.4 is 11.1 Å². The summed E-state index contributed by atoms with van der Waals surface area (Å²) in [5.41, 5.74) is 4.18. The average Bonchev–Trinajstić information content (AvgIpc) is 2.30. The Kier molecular flexibility index (Phi) is 3.43. The molecule has 2 rings (SSSR count). The maximum absolute atomic E-state index is 12.8. The number of hydrogen-bond acceptors (Lipinski definition) is 5. The fourth-order valence-electron chi connectivity index (χ4n) is 1.35. The minimum Gasteiger partial charge on any atom is -0.368 e. The predicted molar refractivity (Wildman–Crippen MR) is 64.0 cm³/mol. The largest absolute Gasteiger partial charge is 0.418 e. The molecule has 1 aromatic carbocycles. The third kappa shape index (κ3) is 3.22. The zero-order valence-corrected chi connectivity index (χ0v) is 10.00. The molecule has 0 fully saturated rings. The van der Waals surface area contributed by atoms with Gasteiger partial charge in [0.1, 0.15) is 6.33 Å². The highest BCUT2D eigenvalue weighted by atomic mass is 35.5. The van der Waals surface area contributed by atoms with E-state index in [1.165, 1.54) is 12.1 Å². The summed E-state index contributed by atoms with van der Waals surface area (Å²) < 4.78 is 38.5. The number of nitrogens with zero attached hydrogens (tertiary/aromatic N) is 3. The van der Waals surface area contributed by atoms with Crippen LogP contribution in [0.2, 0.25) is 5.02 Å². The third-order valence-corrected chi connectivity index (χ3v) is 2.36. The first-order chi connectivity index (χ1) is 8.86. The first kappa shape index (κ1) is 13.3. The van der Waals surface area contributed by atoms with Crippen LogP contribution in [-0.4, -0.2) is 15.0 Å². The van der Waals surface area contributed by atoms with Crippen molar-refractivity contribution < 1.29 is 13.2 Å². The van der Waals surface area contributed by atoms with Crippen LogP contribution in [-0.2, 0) is 6.18 Å². The zero-order chi connectivity index (χ0) is 14.0. The number of nitrogen functional groups attached to an aromatic ring is 1. The van der Waals surface area contributed by atoms with Gasteiger partial charge in [0.25, 0.3) is 0 Å². The van der Waals surface area contributed by atoms with E-state index in [1.807, 2.05) is 0 Å². The van der Waals surface area contributed by atoms with Crippen LogP contribution in [0.15, 0.2) is 24.5 Å². The van der Waals surface area contributed by atoms with E-state index in [2.05, 4.69) is 20.3 Å². The van der Waals surface area contributed by atoms with E-state index in [-0.39, 0.29) is 22.6 Å². The lowest BCUT2D eigenvalue weighted by atomic mass is 10.1. The Balaban J connectivity index is 2.40. The van der Waals surface area contributed by atoms with Gasteiger partial charge >= 0.3 is 6.18 Å². The van der Waals surface area contributed by atoms with Crippen LogP contribution in [0.3, 0.4) is 0 Å². The lowest BCUT2D eigenvalue weighted by Gasteiger charge is -2.13. The van der Waals surface area contributed by atoms with Crippen molar-refractivity contribution in [2.75, 3.05) is 11.1 Å². The van der Waals surface area contributed by atoms with Crippen LogP contribution in [0, 0.1) is 0 Å². The quantitative estimate of drug-likeness (QED) is 0.889. The predicted octanol–water partition coefficient (Wildman–Crippen LogP) is 2.87. The van der Waals surface area contributed by atoms with Gasteiger partial charge in [-0.25, -0.2) is 9.97 Å². The molecule has 0 spiro atoms. The van der Waals surface area contributed by atoms with Crippen molar-refractivity contribution in [3.8, 4) is 0 Å². The zero-order valence-electron chi connectivity index (χ0n) is 9.24. The highest BCUT2D eigenvalue weighted by Gasteiger charge is 2.34. The van der Waals surface area contributed by atoms with E-state index in [0.717, 1.165) is 12.4 Å². The summed E-state index contributed by atoms with van der Waals surface area (Å²) in [7, 11) is 0. The molecular formula is C10H7ClF3N5. The van der Waals surface area contributed by atoms with Crippen LogP contribution in [0.4, 0.5) is 30.8 Å². The van der Waals surface area contributed by atoms with Crippen molar-refractivity contribution in [3.63, 3.8) is 0 Å². The van der Waals surface area contributed by atoms with Crippen LogP contribution in [0.5, 0.6) is 0 Å². The monoisotopic (exact) mass is 289 g/mol. The molecule has 0 saturated carbocycles. The smallest absolute Gasteiger partial charge is 0.368 e. The van der Waals surface area contributed by atoms with Crippen molar-refractivity contribution in [1.82, 2.24) is 15.0 Å². The minimum absolute atomic E-state index is 0.0203. The van der Waals surface area contributed by atoms with Gasteiger partial charge in [0.2, 0.25) is 11.9 Å². The molecule has 0 aliphatic rings. The summed E-state index contributed by atoms with van der Waals surface area (Å²) in [6, 6.07) is 3.32. The number of alkyl halides is 3. The molecule has 9 heteroatoms. The van der Waals surface area contributed by atoms with Crippen molar-refractivity contribution in [1.29, 1.82) is 0 Å².